The molecule has 1 atom stereocenters. The lowest BCUT2D eigenvalue weighted by Crippen LogP contribution is -2.40. The third-order valence-corrected chi connectivity index (χ3v) is 2.66. The number of hydrogen-bond acceptors (Lipinski definition) is 4. The van der Waals surface area contributed by atoms with Crippen molar-refractivity contribution in [3.8, 4) is 11.8 Å². The van der Waals surface area contributed by atoms with Gasteiger partial charge in [0.2, 0.25) is 0 Å². The fourth-order valence-electron chi connectivity index (χ4n) is 1.70. The lowest BCUT2D eigenvalue weighted by Gasteiger charge is -2.18. The number of rotatable bonds is 7. The summed E-state index contributed by atoms with van der Waals surface area (Å²) in [6, 6.07) is 8.57. The number of carbonyl (C=O) groups is 1. The number of nitrogens with one attached hydrogen (secondary N) is 1. The van der Waals surface area contributed by atoms with Gasteiger partial charge in [-0.3, -0.25) is 4.79 Å². The molecule has 5 nitrogen and oxygen atoms in total. The second-order valence-electron chi connectivity index (χ2n) is 4.54. The van der Waals surface area contributed by atoms with Crippen LogP contribution in [-0.4, -0.2) is 23.7 Å². The monoisotopic (exact) mass is 262 g/mol. The molecule has 5 heteroatoms. The standard InChI is InChI=1S/C14H18N2O3/c1-10(2)13(14(17)18)16-9-11-4-3-5-12(8-11)19-7-6-15/h3-5,8,10,13,16H,7,9H2,1-2H3,(H,17,18). The van der Waals surface area contributed by atoms with Crippen LogP contribution in [0, 0.1) is 17.2 Å². The summed E-state index contributed by atoms with van der Waals surface area (Å²) in [5.74, 6) is -0.236. The van der Waals surface area contributed by atoms with E-state index >= 15 is 0 Å². The molecule has 0 bridgehead atoms. The third-order valence-electron chi connectivity index (χ3n) is 2.66. The number of ether oxygens (including phenoxy) is 1. The summed E-state index contributed by atoms with van der Waals surface area (Å²) < 4.78 is 5.19. The molecular formula is C14H18N2O3. The Bertz CT molecular complexity index is 466. The molecule has 0 heterocycles. The van der Waals surface area contributed by atoms with E-state index in [0.29, 0.717) is 12.3 Å². The van der Waals surface area contributed by atoms with E-state index in [-0.39, 0.29) is 12.5 Å². The van der Waals surface area contributed by atoms with Gasteiger partial charge in [-0.2, -0.15) is 5.26 Å². The van der Waals surface area contributed by atoms with Gasteiger partial charge in [0.1, 0.15) is 17.9 Å². The van der Waals surface area contributed by atoms with Crippen LogP contribution in [0.5, 0.6) is 5.75 Å². The maximum Gasteiger partial charge on any atom is 0.320 e. The highest BCUT2D eigenvalue weighted by molar-refractivity contribution is 5.73. The number of carboxylic acid groups (broad SMARTS) is 1. The minimum absolute atomic E-state index is 0.000622. The molecule has 19 heavy (non-hydrogen) atoms. The number of nitrogens with zero attached hydrogens (tertiary/aromatic N) is 1. The molecule has 0 aliphatic rings. The van der Waals surface area contributed by atoms with Crippen LogP contribution >= 0.6 is 0 Å². The van der Waals surface area contributed by atoms with Crippen LogP contribution in [-0.2, 0) is 11.3 Å². The Morgan fingerprint density at radius 3 is 2.84 bits per heavy atom. The number of hydrogen-bond donors (Lipinski definition) is 2. The Morgan fingerprint density at radius 1 is 1.53 bits per heavy atom. The van der Waals surface area contributed by atoms with Crippen LogP contribution in [0.15, 0.2) is 24.3 Å². The van der Waals surface area contributed by atoms with Gasteiger partial charge in [0, 0.05) is 6.54 Å². The second-order valence-corrected chi connectivity index (χ2v) is 4.54. The predicted octanol–water partition coefficient (Wildman–Crippen LogP) is 1.79. The average molecular weight is 262 g/mol. The van der Waals surface area contributed by atoms with E-state index in [9.17, 15) is 4.79 Å². The fraction of sp³-hybridized carbons (Fsp3) is 0.429. The summed E-state index contributed by atoms with van der Waals surface area (Å²) >= 11 is 0. The SMILES string of the molecule is CC(C)C(NCc1cccc(OCC#N)c1)C(=O)O. The average Bonchev–Trinajstić information content (AvgIpc) is 2.36. The van der Waals surface area contributed by atoms with Crippen molar-refractivity contribution < 1.29 is 14.6 Å². The van der Waals surface area contributed by atoms with Crippen molar-refractivity contribution in [1.82, 2.24) is 5.32 Å². The van der Waals surface area contributed by atoms with Gasteiger partial charge in [0.25, 0.3) is 0 Å². The highest BCUT2D eigenvalue weighted by Crippen LogP contribution is 2.13. The lowest BCUT2D eigenvalue weighted by atomic mass is 10.0. The van der Waals surface area contributed by atoms with Crippen molar-refractivity contribution >= 4 is 5.97 Å². The first-order chi connectivity index (χ1) is 9.04. The van der Waals surface area contributed by atoms with Gasteiger partial charge in [0.15, 0.2) is 6.61 Å². The number of nitriles is 1. The molecule has 1 rings (SSSR count). The van der Waals surface area contributed by atoms with Gasteiger partial charge in [-0.1, -0.05) is 26.0 Å². The molecule has 0 aliphatic carbocycles. The summed E-state index contributed by atoms with van der Waals surface area (Å²) in [6.07, 6.45) is 0. The van der Waals surface area contributed by atoms with Gasteiger partial charge in [-0.05, 0) is 23.6 Å². The predicted molar refractivity (Wildman–Crippen MR) is 70.7 cm³/mol. The zero-order valence-corrected chi connectivity index (χ0v) is 11.1. The largest absolute Gasteiger partial charge is 0.480 e. The molecule has 2 N–H and O–H groups in total. The van der Waals surface area contributed by atoms with Crippen molar-refractivity contribution in [1.29, 1.82) is 5.26 Å². The van der Waals surface area contributed by atoms with E-state index in [1.165, 1.54) is 0 Å². The van der Waals surface area contributed by atoms with Gasteiger partial charge in [-0.15, -0.1) is 0 Å². The van der Waals surface area contributed by atoms with E-state index in [1.807, 2.05) is 32.0 Å². The highest BCUT2D eigenvalue weighted by atomic mass is 16.5. The Balaban J connectivity index is 2.62. The van der Waals surface area contributed by atoms with Gasteiger partial charge < -0.3 is 15.2 Å². The minimum atomic E-state index is -0.855. The molecule has 0 fully saturated rings. The smallest absolute Gasteiger partial charge is 0.320 e. The molecule has 0 aliphatic heterocycles. The molecule has 0 aromatic heterocycles. The lowest BCUT2D eigenvalue weighted by molar-refractivity contribution is -0.140. The van der Waals surface area contributed by atoms with Crippen LogP contribution in [0.3, 0.4) is 0 Å². The summed E-state index contributed by atoms with van der Waals surface area (Å²) in [5, 5.41) is 20.5. The molecular weight excluding hydrogens is 244 g/mol. The highest BCUT2D eigenvalue weighted by Gasteiger charge is 2.20. The van der Waals surface area contributed by atoms with E-state index in [2.05, 4.69) is 5.32 Å². The maximum atomic E-state index is 11.0. The molecule has 0 spiro atoms. The molecule has 1 aromatic carbocycles. The van der Waals surface area contributed by atoms with Crippen molar-refractivity contribution in [2.24, 2.45) is 5.92 Å². The Labute approximate surface area is 112 Å². The molecule has 1 unspecified atom stereocenters. The van der Waals surface area contributed by atoms with Crippen molar-refractivity contribution in [3.05, 3.63) is 29.8 Å². The van der Waals surface area contributed by atoms with Crippen molar-refractivity contribution in [2.75, 3.05) is 6.61 Å². The van der Waals surface area contributed by atoms with Crippen molar-refractivity contribution in [3.63, 3.8) is 0 Å². The van der Waals surface area contributed by atoms with Crippen LogP contribution in [0.4, 0.5) is 0 Å². The summed E-state index contributed by atoms with van der Waals surface area (Å²) in [5.41, 5.74) is 0.919. The Kier molecular flexibility index (Phi) is 5.83. The molecule has 0 saturated carbocycles. The number of carboxylic acids is 1. The molecule has 102 valence electrons. The third kappa shape index (κ3) is 4.98. The van der Waals surface area contributed by atoms with E-state index < -0.39 is 12.0 Å². The Hall–Kier alpha value is -2.06. The van der Waals surface area contributed by atoms with E-state index in [4.69, 9.17) is 15.1 Å². The van der Waals surface area contributed by atoms with Gasteiger partial charge >= 0.3 is 5.97 Å². The first-order valence-corrected chi connectivity index (χ1v) is 6.09. The second kappa shape index (κ2) is 7.39. The maximum absolute atomic E-state index is 11.0. The zero-order valence-electron chi connectivity index (χ0n) is 11.1. The number of aliphatic carboxylic acids is 1. The molecule has 0 amide bonds. The quantitative estimate of drug-likeness (QED) is 0.782. The first-order valence-electron chi connectivity index (χ1n) is 6.09. The van der Waals surface area contributed by atoms with Crippen LogP contribution < -0.4 is 10.1 Å². The van der Waals surface area contributed by atoms with Gasteiger partial charge in [0.05, 0.1) is 0 Å². The summed E-state index contributed by atoms with van der Waals surface area (Å²) in [6.45, 7) is 4.16. The van der Waals surface area contributed by atoms with E-state index in [0.717, 1.165) is 5.56 Å². The molecule has 0 radical (unpaired) electrons. The topological polar surface area (TPSA) is 82.3 Å². The normalized spacial score (nSPS) is 11.9. The Morgan fingerprint density at radius 2 is 2.26 bits per heavy atom. The fourth-order valence-corrected chi connectivity index (χ4v) is 1.70. The summed E-state index contributed by atoms with van der Waals surface area (Å²) in [4.78, 5) is 11.0. The first kappa shape index (κ1) is 15.0. The summed E-state index contributed by atoms with van der Waals surface area (Å²) in [7, 11) is 0. The zero-order chi connectivity index (χ0) is 14.3. The van der Waals surface area contributed by atoms with Crippen LogP contribution in [0.1, 0.15) is 19.4 Å². The van der Waals surface area contributed by atoms with Gasteiger partial charge in [-0.25, -0.2) is 0 Å². The minimum Gasteiger partial charge on any atom is -0.480 e. The van der Waals surface area contributed by atoms with Crippen LogP contribution in [0.2, 0.25) is 0 Å². The van der Waals surface area contributed by atoms with Crippen LogP contribution in [0.25, 0.3) is 0 Å². The van der Waals surface area contributed by atoms with E-state index in [1.54, 1.807) is 12.1 Å². The molecule has 1 aromatic rings. The van der Waals surface area contributed by atoms with Crippen molar-refractivity contribution in [2.45, 2.75) is 26.4 Å². The number of benzene rings is 1. The molecule has 0 saturated heterocycles.